The molecule has 170 valence electrons. The summed E-state index contributed by atoms with van der Waals surface area (Å²) in [5.41, 5.74) is 0.964. The molecule has 1 fully saturated rings. The number of carbonyl (C=O) groups is 2. The van der Waals surface area contributed by atoms with Crippen molar-refractivity contribution in [3.63, 3.8) is 0 Å². The van der Waals surface area contributed by atoms with Crippen LogP contribution >= 0.6 is 0 Å². The molecule has 2 aliphatic heterocycles. The van der Waals surface area contributed by atoms with Gasteiger partial charge in [-0.15, -0.1) is 0 Å². The van der Waals surface area contributed by atoms with Crippen molar-refractivity contribution < 1.29 is 14.3 Å². The van der Waals surface area contributed by atoms with Crippen molar-refractivity contribution in [3.05, 3.63) is 64.6 Å². The lowest BCUT2D eigenvalue weighted by atomic mass is 10.1. The first-order valence-corrected chi connectivity index (χ1v) is 11.3. The van der Waals surface area contributed by atoms with Gasteiger partial charge >= 0.3 is 0 Å². The predicted octanol–water partition coefficient (Wildman–Crippen LogP) is 2.28. The summed E-state index contributed by atoms with van der Waals surface area (Å²) in [6.07, 6.45) is 2.37. The molecule has 0 spiro atoms. The molecule has 2 amide bonds. The third-order valence-corrected chi connectivity index (χ3v) is 6.37. The number of carbonyl (C=O) groups excluding carboxylic acids is 2. The van der Waals surface area contributed by atoms with E-state index in [0.29, 0.717) is 27.9 Å². The fourth-order valence-corrected chi connectivity index (χ4v) is 4.66. The average Bonchev–Trinajstić information content (AvgIpc) is 2.86. The van der Waals surface area contributed by atoms with Crippen LogP contribution in [0.4, 0.5) is 5.69 Å². The highest BCUT2D eigenvalue weighted by Crippen LogP contribution is 2.34. The largest absolute Gasteiger partial charge is 0.476 e. The van der Waals surface area contributed by atoms with Crippen molar-refractivity contribution in [2.75, 3.05) is 24.5 Å². The van der Waals surface area contributed by atoms with Gasteiger partial charge in [0.1, 0.15) is 5.75 Å². The molecule has 1 aromatic heterocycles. The van der Waals surface area contributed by atoms with E-state index in [1.165, 1.54) is 4.68 Å². The predicted molar refractivity (Wildman–Crippen MR) is 124 cm³/mol. The topological polar surface area (TPSA) is 84.7 Å². The number of piperidine rings is 1. The van der Waals surface area contributed by atoms with E-state index in [2.05, 4.69) is 5.10 Å². The van der Waals surface area contributed by atoms with Crippen LogP contribution < -0.4 is 15.2 Å². The Morgan fingerprint density at radius 3 is 2.48 bits per heavy atom. The summed E-state index contributed by atoms with van der Waals surface area (Å²) in [5.74, 6) is 0.247. The molecule has 1 unspecified atom stereocenters. The van der Waals surface area contributed by atoms with Crippen LogP contribution in [0, 0.1) is 0 Å². The summed E-state index contributed by atoms with van der Waals surface area (Å²) >= 11 is 0. The van der Waals surface area contributed by atoms with Crippen molar-refractivity contribution in [3.8, 4) is 5.75 Å². The standard InChI is InChI=1S/C25H26N4O4/c1-27-24(31)18-10-4-3-9-17(18)19(26-27)15-23(30)29-16-22(25(32)28-13-7-2-8-14-28)33-21-12-6-5-11-20(21)29/h3-6,9-12,22H,2,7-8,13-16H2,1H3. The molecule has 2 aliphatic rings. The first-order valence-electron chi connectivity index (χ1n) is 11.3. The van der Waals surface area contributed by atoms with Crippen molar-refractivity contribution in [2.45, 2.75) is 31.8 Å². The van der Waals surface area contributed by atoms with Crippen LogP contribution in [0.3, 0.4) is 0 Å². The molecule has 1 saturated heterocycles. The molecule has 0 saturated carbocycles. The normalized spacial score (nSPS) is 18.0. The second kappa shape index (κ2) is 8.69. The molecule has 33 heavy (non-hydrogen) atoms. The Balaban J connectivity index is 1.46. The van der Waals surface area contributed by atoms with Gasteiger partial charge in [0.2, 0.25) is 5.91 Å². The van der Waals surface area contributed by atoms with E-state index in [9.17, 15) is 14.4 Å². The van der Waals surface area contributed by atoms with Crippen molar-refractivity contribution >= 4 is 28.3 Å². The highest BCUT2D eigenvalue weighted by atomic mass is 16.5. The van der Waals surface area contributed by atoms with E-state index in [-0.39, 0.29) is 30.3 Å². The molecule has 3 heterocycles. The quantitative estimate of drug-likeness (QED) is 0.616. The molecule has 8 heteroatoms. The zero-order chi connectivity index (χ0) is 22.9. The molecule has 2 aromatic carbocycles. The first kappa shape index (κ1) is 21.2. The van der Waals surface area contributed by atoms with Gasteiger partial charge in [0.15, 0.2) is 6.10 Å². The molecular weight excluding hydrogens is 420 g/mol. The first-order chi connectivity index (χ1) is 16.0. The SMILES string of the molecule is Cn1nc(CC(=O)N2CC(C(=O)N3CCCCC3)Oc3ccccc32)c2ccccc2c1=O. The summed E-state index contributed by atoms with van der Waals surface area (Å²) in [5, 5.41) is 5.56. The van der Waals surface area contributed by atoms with Crippen LogP contribution in [0.15, 0.2) is 53.3 Å². The van der Waals surface area contributed by atoms with Crippen LogP contribution in [0.2, 0.25) is 0 Å². The number of fused-ring (bicyclic) bond motifs is 2. The van der Waals surface area contributed by atoms with Gasteiger partial charge in [0, 0.05) is 25.5 Å². The lowest BCUT2D eigenvalue weighted by Gasteiger charge is -2.37. The second-order valence-corrected chi connectivity index (χ2v) is 8.56. The number of likely N-dealkylation sites (tertiary alicyclic amines) is 1. The smallest absolute Gasteiger partial charge is 0.274 e. The van der Waals surface area contributed by atoms with Gasteiger partial charge in [-0.05, 0) is 37.5 Å². The number of hydrogen-bond acceptors (Lipinski definition) is 5. The average molecular weight is 447 g/mol. The van der Waals surface area contributed by atoms with E-state index < -0.39 is 6.10 Å². The number of hydrogen-bond donors (Lipinski definition) is 0. The number of rotatable bonds is 3. The Morgan fingerprint density at radius 1 is 1.00 bits per heavy atom. The Kier molecular flexibility index (Phi) is 5.58. The van der Waals surface area contributed by atoms with E-state index in [1.807, 2.05) is 35.2 Å². The number of nitrogens with zero attached hydrogens (tertiary/aromatic N) is 4. The van der Waals surface area contributed by atoms with Gasteiger partial charge in [-0.25, -0.2) is 4.68 Å². The minimum Gasteiger partial charge on any atom is -0.476 e. The highest BCUT2D eigenvalue weighted by Gasteiger charge is 2.36. The van der Waals surface area contributed by atoms with Crippen LogP contribution in [0.1, 0.15) is 25.0 Å². The summed E-state index contributed by atoms with van der Waals surface area (Å²) in [7, 11) is 1.58. The lowest BCUT2D eigenvalue weighted by molar-refractivity contribution is -0.139. The third-order valence-electron chi connectivity index (χ3n) is 6.37. The van der Waals surface area contributed by atoms with Gasteiger partial charge in [0.25, 0.3) is 11.5 Å². The molecule has 5 rings (SSSR count). The Morgan fingerprint density at radius 2 is 1.70 bits per heavy atom. The Bertz CT molecular complexity index is 1280. The molecule has 0 radical (unpaired) electrons. The molecule has 0 bridgehead atoms. The molecule has 0 aliphatic carbocycles. The maximum atomic E-state index is 13.5. The zero-order valence-corrected chi connectivity index (χ0v) is 18.6. The van der Waals surface area contributed by atoms with Crippen LogP contribution in [-0.2, 0) is 23.1 Å². The second-order valence-electron chi connectivity index (χ2n) is 8.56. The highest BCUT2D eigenvalue weighted by molar-refractivity contribution is 6.00. The summed E-state index contributed by atoms with van der Waals surface area (Å²) in [4.78, 5) is 42.6. The Hall–Kier alpha value is -3.68. The van der Waals surface area contributed by atoms with Crippen molar-refractivity contribution in [2.24, 2.45) is 7.05 Å². The number of aryl methyl sites for hydroxylation is 1. The monoisotopic (exact) mass is 446 g/mol. The van der Waals surface area contributed by atoms with Gasteiger partial charge < -0.3 is 14.5 Å². The van der Waals surface area contributed by atoms with Gasteiger partial charge in [0.05, 0.1) is 29.7 Å². The van der Waals surface area contributed by atoms with Gasteiger partial charge in [-0.2, -0.15) is 5.10 Å². The molecule has 1 atom stereocenters. The van der Waals surface area contributed by atoms with E-state index in [4.69, 9.17) is 4.74 Å². The van der Waals surface area contributed by atoms with Crippen molar-refractivity contribution in [1.29, 1.82) is 0 Å². The van der Waals surface area contributed by atoms with E-state index >= 15 is 0 Å². The van der Waals surface area contributed by atoms with Crippen molar-refractivity contribution in [1.82, 2.24) is 14.7 Å². The van der Waals surface area contributed by atoms with E-state index in [0.717, 1.165) is 32.4 Å². The fraction of sp³-hybridized carbons (Fsp3) is 0.360. The maximum absolute atomic E-state index is 13.5. The lowest BCUT2D eigenvalue weighted by Crippen LogP contribution is -2.53. The van der Waals surface area contributed by atoms with Crippen LogP contribution in [0.25, 0.3) is 10.8 Å². The van der Waals surface area contributed by atoms with Crippen LogP contribution in [-0.4, -0.2) is 52.2 Å². The third kappa shape index (κ3) is 3.97. The number of ether oxygens (including phenoxy) is 1. The number of aromatic nitrogens is 2. The fourth-order valence-electron chi connectivity index (χ4n) is 4.66. The molecule has 0 N–H and O–H groups in total. The molecule has 8 nitrogen and oxygen atoms in total. The van der Waals surface area contributed by atoms with Gasteiger partial charge in [-0.3, -0.25) is 14.4 Å². The molecular formula is C25H26N4O4. The maximum Gasteiger partial charge on any atom is 0.274 e. The minimum atomic E-state index is -0.744. The number of amides is 2. The summed E-state index contributed by atoms with van der Waals surface area (Å²) in [6, 6.07) is 14.4. The summed E-state index contributed by atoms with van der Waals surface area (Å²) in [6.45, 7) is 1.60. The van der Waals surface area contributed by atoms with E-state index in [1.54, 1.807) is 30.1 Å². The summed E-state index contributed by atoms with van der Waals surface area (Å²) < 4.78 is 7.30. The number of para-hydroxylation sites is 2. The minimum absolute atomic E-state index is 0.00753. The molecule has 3 aromatic rings. The van der Waals surface area contributed by atoms with Gasteiger partial charge in [-0.1, -0.05) is 30.3 Å². The number of benzene rings is 2. The number of anilines is 1. The zero-order valence-electron chi connectivity index (χ0n) is 18.6. The van der Waals surface area contributed by atoms with Crippen LogP contribution in [0.5, 0.6) is 5.75 Å². The Labute approximate surface area is 191 Å².